The maximum Gasteiger partial charge on any atom is 0.261 e. The van der Waals surface area contributed by atoms with Crippen molar-refractivity contribution in [3.05, 3.63) is 87.4 Å². The number of nitrogens with zero attached hydrogens (tertiary/aromatic N) is 2. The molecular formula is C23H18BrFN4O2. The van der Waals surface area contributed by atoms with Crippen LogP contribution in [0.25, 0.3) is 0 Å². The van der Waals surface area contributed by atoms with Gasteiger partial charge in [-0.1, -0.05) is 28.1 Å². The zero-order valence-electron chi connectivity index (χ0n) is 16.4. The van der Waals surface area contributed by atoms with Gasteiger partial charge in [-0.2, -0.15) is 5.10 Å². The molecule has 2 N–H and O–H groups in total. The topological polar surface area (TPSA) is 76.0 Å². The second-order valence-corrected chi connectivity index (χ2v) is 8.48. The lowest BCUT2D eigenvalue weighted by atomic mass is 9.85. The van der Waals surface area contributed by atoms with Crippen molar-refractivity contribution in [1.82, 2.24) is 9.78 Å². The van der Waals surface area contributed by atoms with Gasteiger partial charge in [0.1, 0.15) is 23.2 Å². The molecular weight excluding hydrogens is 463 g/mol. The molecule has 8 heteroatoms. The third kappa shape index (κ3) is 3.57. The Morgan fingerprint density at radius 2 is 1.87 bits per heavy atom. The molecule has 2 aliphatic rings. The Hall–Kier alpha value is -3.26. The monoisotopic (exact) mass is 480 g/mol. The van der Waals surface area contributed by atoms with Gasteiger partial charge in [0.25, 0.3) is 5.91 Å². The number of benzene rings is 2. The van der Waals surface area contributed by atoms with Crippen LogP contribution < -0.4 is 10.6 Å². The average molecular weight is 481 g/mol. The number of fused-ring (bicyclic) bond motifs is 1. The number of hydrogen-bond donors (Lipinski definition) is 2. The predicted molar refractivity (Wildman–Crippen MR) is 118 cm³/mol. The Morgan fingerprint density at radius 3 is 2.61 bits per heavy atom. The highest BCUT2D eigenvalue weighted by molar-refractivity contribution is 9.10. The summed E-state index contributed by atoms with van der Waals surface area (Å²) in [7, 11) is 0. The largest absolute Gasteiger partial charge is 0.343 e. The predicted octanol–water partition coefficient (Wildman–Crippen LogP) is 5.06. The number of amides is 1. The van der Waals surface area contributed by atoms with Gasteiger partial charge in [-0.15, -0.1) is 0 Å². The number of Topliss-reactive ketones (excluding diaryl/α,β-unsaturated/α-hetero) is 1. The van der Waals surface area contributed by atoms with Gasteiger partial charge in [-0.25, -0.2) is 9.07 Å². The molecule has 2 aromatic carbocycles. The van der Waals surface area contributed by atoms with Crippen LogP contribution in [-0.4, -0.2) is 21.5 Å². The van der Waals surface area contributed by atoms with Gasteiger partial charge in [0.15, 0.2) is 5.78 Å². The van der Waals surface area contributed by atoms with Crippen LogP contribution in [0.3, 0.4) is 0 Å². The highest BCUT2D eigenvalue weighted by atomic mass is 79.9. The number of halogens is 2. The highest BCUT2D eigenvalue weighted by Gasteiger charge is 2.37. The molecule has 0 spiro atoms. The fourth-order valence-electron chi connectivity index (χ4n) is 4.11. The summed E-state index contributed by atoms with van der Waals surface area (Å²) in [5.41, 5.74) is 3.31. The van der Waals surface area contributed by atoms with Gasteiger partial charge in [0.05, 0.1) is 6.20 Å². The molecule has 5 rings (SSSR count). The van der Waals surface area contributed by atoms with Crippen molar-refractivity contribution in [1.29, 1.82) is 0 Å². The van der Waals surface area contributed by atoms with E-state index in [0.29, 0.717) is 29.1 Å². The van der Waals surface area contributed by atoms with Crippen molar-refractivity contribution in [2.75, 3.05) is 10.6 Å². The Morgan fingerprint density at radius 1 is 1.13 bits per heavy atom. The first-order valence-electron chi connectivity index (χ1n) is 9.94. The standard InChI is InChI=1S/C23H18BrFN4O2/c24-14-6-4-13(5-7-14)21-20-18(2-1-3-19(20)30)28-22-17(12-26-29(21)22)23(31)27-16-10-8-15(25)9-11-16/h4-12,21,28H,1-3H2,(H,27,31). The summed E-state index contributed by atoms with van der Waals surface area (Å²) in [5.74, 6) is -0.0939. The molecule has 0 bridgehead atoms. The van der Waals surface area contributed by atoms with Crippen LogP contribution in [0.4, 0.5) is 15.9 Å². The van der Waals surface area contributed by atoms with Crippen molar-refractivity contribution < 1.29 is 14.0 Å². The summed E-state index contributed by atoms with van der Waals surface area (Å²) >= 11 is 3.45. The average Bonchev–Trinajstić information content (AvgIpc) is 3.18. The maximum absolute atomic E-state index is 13.2. The quantitative estimate of drug-likeness (QED) is 0.549. The molecule has 0 saturated heterocycles. The Labute approximate surface area is 186 Å². The van der Waals surface area contributed by atoms with Crippen molar-refractivity contribution in [3.8, 4) is 0 Å². The van der Waals surface area contributed by atoms with E-state index in [4.69, 9.17) is 0 Å². The molecule has 3 aromatic rings. The van der Waals surface area contributed by atoms with Crippen LogP contribution in [0.1, 0.15) is 41.2 Å². The number of nitrogens with one attached hydrogen (secondary N) is 2. The van der Waals surface area contributed by atoms with Crippen LogP contribution in [0, 0.1) is 5.82 Å². The first kappa shape index (κ1) is 19.7. The van der Waals surface area contributed by atoms with Crippen molar-refractivity contribution >= 4 is 39.1 Å². The minimum atomic E-state index is -0.403. The summed E-state index contributed by atoms with van der Waals surface area (Å²) in [5, 5.41) is 10.5. The Balaban J connectivity index is 1.56. The van der Waals surface area contributed by atoms with Gasteiger partial charge >= 0.3 is 0 Å². The Bertz CT molecular complexity index is 1220. The van der Waals surface area contributed by atoms with E-state index in [9.17, 15) is 14.0 Å². The lowest BCUT2D eigenvalue weighted by Crippen LogP contribution is -2.32. The first-order chi connectivity index (χ1) is 15.0. The van der Waals surface area contributed by atoms with Gasteiger partial charge in [0, 0.05) is 27.9 Å². The normalized spacial score (nSPS) is 17.6. The van der Waals surface area contributed by atoms with E-state index < -0.39 is 6.04 Å². The van der Waals surface area contributed by atoms with Crippen LogP contribution >= 0.6 is 15.9 Å². The number of allylic oxidation sites excluding steroid dienone is 2. The second kappa shape index (κ2) is 7.77. The number of rotatable bonds is 3. The number of ketones is 1. The summed E-state index contributed by atoms with van der Waals surface area (Å²) in [6.07, 6.45) is 3.50. The molecule has 0 fully saturated rings. The summed E-state index contributed by atoms with van der Waals surface area (Å²) in [6.45, 7) is 0. The van der Waals surface area contributed by atoms with Crippen LogP contribution in [0.15, 0.2) is 70.5 Å². The van der Waals surface area contributed by atoms with Crippen molar-refractivity contribution in [3.63, 3.8) is 0 Å². The van der Waals surface area contributed by atoms with Crippen LogP contribution in [-0.2, 0) is 4.79 Å². The molecule has 1 amide bonds. The molecule has 1 aliphatic heterocycles. The zero-order chi connectivity index (χ0) is 21.5. The fourth-order valence-corrected chi connectivity index (χ4v) is 4.37. The first-order valence-corrected chi connectivity index (χ1v) is 10.7. The minimum absolute atomic E-state index is 0.0973. The number of anilines is 2. The van der Waals surface area contributed by atoms with E-state index >= 15 is 0 Å². The third-order valence-corrected chi connectivity index (χ3v) is 6.10. The number of carbonyl (C=O) groups is 2. The van der Waals surface area contributed by atoms with E-state index in [1.165, 1.54) is 30.5 Å². The lowest BCUT2D eigenvalue weighted by molar-refractivity contribution is -0.116. The number of carbonyl (C=O) groups excluding carboxylic acids is 2. The molecule has 0 saturated carbocycles. The third-order valence-electron chi connectivity index (χ3n) is 5.57. The Kier molecular flexibility index (Phi) is 4.94. The molecule has 31 heavy (non-hydrogen) atoms. The van der Waals surface area contributed by atoms with Gasteiger partial charge < -0.3 is 10.6 Å². The molecule has 1 aliphatic carbocycles. The molecule has 1 aromatic heterocycles. The van der Waals surface area contributed by atoms with E-state index in [2.05, 4.69) is 31.7 Å². The van der Waals surface area contributed by atoms with Crippen LogP contribution in [0.5, 0.6) is 0 Å². The second-order valence-electron chi connectivity index (χ2n) is 7.56. The fraction of sp³-hybridized carbons (Fsp3) is 0.174. The highest BCUT2D eigenvalue weighted by Crippen LogP contribution is 2.41. The van der Waals surface area contributed by atoms with E-state index in [1.54, 1.807) is 4.68 Å². The maximum atomic E-state index is 13.2. The molecule has 156 valence electrons. The summed E-state index contributed by atoms with van der Waals surface area (Å²) in [4.78, 5) is 25.8. The van der Waals surface area contributed by atoms with E-state index in [1.807, 2.05) is 24.3 Å². The van der Waals surface area contributed by atoms with Gasteiger partial charge in [0.2, 0.25) is 0 Å². The lowest BCUT2D eigenvalue weighted by Gasteiger charge is -2.33. The van der Waals surface area contributed by atoms with Gasteiger partial charge in [-0.3, -0.25) is 9.59 Å². The summed E-state index contributed by atoms with van der Waals surface area (Å²) in [6, 6.07) is 12.9. The minimum Gasteiger partial charge on any atom is -0.343 e. The molecule has 0 radical (unpaired) electrons. The molecule has 1 unspecified atom stereocenters. The van der Waals surface area contributed by atoms with Gasteiger partial charge in [-0.05, 0) is 54.8 Å². The number of aromatic nitrogens is 2. The summed E-state index contributed by atoms with van der Waals surface area (Å²) < 4.78 is 15.8. The SMILES string of the molecule is O=C1CCCC2=C1C(c1ccc(Br)cc1)n1ncc(C(=O)Nc3ccc(F)cc3)c1N2. The number of hydrogen-bond acceptors (Lipinski definition) is 4. The van der Waals surface area contributed by atoms with E-state index in [0.717, 1.165) is 28.6 Å². The smallest absolute Gasteiger partial charge is 0.261 e. The zero-order valence-corrected chi connectivity index (χ0v) is 17.9. The molecule has 2 heterocycles. The molecule has 6 nitrogen and oxygen atoms in total. The van der Waals surface area contributed by atoms with Crippen molar-refractivity contribution in [2.24, 2.45) is 0 Å². The van der Waals surface area contributed by atoms with Crippen molar-refractivity contribution in [2.45, 2.75) is 25.3 Å². The molecule has 1 atom stereocenters. The van der Waals surface area contributed by atoms with Crippen LogP contribution in [0.2, 0.25) is 0 Å². The van der Waals surface area contributed by atoms with E-state index in [-0.39, 0.29) is 17.5 Å².